The van der Waals surface area contributed by atoms with Crippen LogP contribution in [0.2, 0.25) is 0 Å². The summed E-state index contributed by atoms with van der Waals surface area (Å²) in [6, 6.07) is 5.69. The lowest BCUT2D eigenvalue weighted by Crippen LogP contribution is -2.29. The summed E-state index contributed by atoms with van der Waals surface area (Å²) in [6.45, 7) is 10.4. The van der Waals surface area contributed by atoms with E-state index in [4.69, 9.17) is 0 Å². The summed E-state index contributed by atoms with van der Waals surface area (Å²) in [4.78, 5) is 4.40. The summed E-state index contributed by atoms with van der Waals surface area (Å²) in [5.74, 6) is 0. The van der Waals surface area contributed by atoms with Gasteiger partial charge in [-0.15, -0.1) is 0 Å². The molecule has 0 atom stereocenters. The van der Waals surface area contributed by atoms with Gasteiger partial charge in [0, 0.05) is 30.7 Å². The van der Waals surface area contributed by atoms with Crippen molar-refractivity contribution < 1.29 is 8.42 Å². The lowest BCUT2D eigenvalue weighted by molar-refractivity contribution is 0.560. The van der Waals surface area contributed by atoms with Crippen LogP contribution in [0.4, 0.5) is 0 Å². The molecule has 0 aliphatic rings. The van der Waals surface area contributed by atoms with Gasteiger partial charge in [-0.2, -0.15) is 5.10 Å². The molecule has 0 aliphatic heterocycles. The summed E-state index contributed by atoms with van der Waals surface area (Å²) in [5.41, 5.74) is 6.64. The molecule has 3 rings (SSSR count). The monoisotopic (exact) mass is 398 g/mol. The van der Waals surface area contributed by atoms with Gasteiger partial charge in [-0.1, -0.05) is 0 Å². The van der Waals surface area contributed by atoms with E-state index in [-0.39, 0.29) is 6.54 Å². The maximum absolute atomic E-state index is 13.0. The molecule has 0 saturated carbocycles. The van der Waals surface area contributed by atoms with Crippen LogP contribution in [0.3, 0.4) is 0 Å². The molecule has 0 saturated heterocycles. The quantitative estimate of drug-likeness (QED) is 0.690. The Kier molecular flexibility index (Phi) is 5.67. The van der Waals surface area contributed by atoms with Crippen LogP contribution in [0.1, 0.15) is 27.8 Å². The molecule has 1 N–H and O–H groups in total. The Morgan fingerprint density at radius 1 is 0.893 bits per heavy atom. The van der Waals surface area contributed by atoms with Crippen LogP contribution in [-0.2, 0) is 16.6 Å². The van der Waals surface area contributed by atoms with Crippen LogP contribution in [0.15, 0.2) is 41.7 Å². The lowest BCUT2D eigenvalue weighted by atomic mass is 9.95. The summed E-state index contributed by atoms with van der Waals surface area (Å²) in [5, 5.41) is 4.50. The second kappa shape index (κ2) is 7.85. The second-order valence-corrected chi connectivity index (χ2v) is 8.76. The first-order valence-electron chi connectivity index (χ1n) is 9.23. The van der Waals surface area contributed by atoms with Gasteiger partial charge < -0.3 is 0 Å². The molecule has 0 unspecified atom stereocenters. The summed E-state index contributed by atoms with van der Waals surface area (Å²) in [7, 11) is -3.60. The fourth-order valence-electron chi connectivity index (χ4n) is 3.40. The van der Waals surface area contributed by atoms with Gasteiger partial charge >= 0.3 is 0 Å². The summed E-state index contributed by atoms with van der Waals surface area (Å²) in [6.07, 6.45) is 5.29. The van der Waals surface area contributed by atoms with Crippen molar-refractivity contribution in [1.29, 1.82) is 0 Å². The number of aromatic nitrogens is 3. The van der Waals surface area contributed by atoms with Crippen molar-refractivity contribution in [2.45, 2.75) is 46.1 Å². The average molecular weight is 399 g/mol. The molecule has 2 heterocycles. The third kappa shape index (κ3) is 3.86. The van der Waals surface area contributed by atoms with Crippen LogP contribution in [0, 0.1) is 34.6 Å². The smallest absolute Gasteiger partial charge is 0.241 e. The van der Waals surface area contributed by atoms with Gasteiger partial charge in [0.1, 0.15) is 0 Å². The molecule has 2 aromatic heterocycles. The van der Waals surface area contributed by atoms with Gasteiger partial charge in [-0.05, 0) is 80.6 Å². The lowest BCUT2D eigenvalue weighted by Gasteiger charge is -2.19. The van der Waals surface area contributed by atoms with Crippen molar-refractivity contribution in [3.63, 3.8) is 0 Å². The fraction of sp³-hybridized carbons (Fsp3) is 0.333. The third-order valence-corrected chi connectivity index (χ3v) is 7.18. The summed E-state index contributed by atoms with van der Waals surface area (Å²) >= 11 is 0. The maximum Gasteiger partial charge on any atom is 0.241 e. The molecule has 0 radical (unpaired) electrons. The molecule has 0 bridgehead atoms. The van der Waals surface area contributed by atoms with E-state index in [1.807, 2.05) is 59.0 Å². The highest BCUT2D eigenvalue weighted by Crippen LogP contribution is 2.29. The fourth-order valence-corrected chi connectivity index (χ4v) is 5.01. The molecule has 3 aromatic rings. The molecule has 148 valence electrons. The predicted octanol–water partition coefficient (Wildman–Crippen LogP) is 3.47. The van der Waals surface area contributed by atoms with Gasteiger partial charge in [-0.3, -0.25) is 9.67 Å². The number of hydrogen-bond acceptors (Lipinski definition) is 4. The largest absolute Gasteiger partial charge is 0.271 e. The van der Waals surface area contributed by atoms with Crippen molar-refractivity contribution in [2.75, 3.05) is 6.54 Å². The van der Waals surface area contributed by atoms with Gasteiger partial charge in [0.15, 0.2) is 0 Å². The predicted molar refractivity (Wildman–Crippen MR) is 111 cm³/mol. The van der Waals surface area contributed by atoms with Crippen molar-refractivity contribution in [1.82, 2.24) is 19.5 Å². The Balaban J connectivity index is 1.74. The maximum atomic E-state index is 13.0. The Labute approximate surface area is 166 Å². The Morgan fingerprint density at radius 2 is 1.46 bits per heavy atom. The van der Waals surface area contributed by atoms with Crippen molar-refractivity contribution >= 4 is 10.0 Å². The van der Waals surface area contributed by atoms with Gasteiger partial charge in [0.05, 0.1) is 17.1 Å². The van der Waals surface area contributed by atoms with Crippen molar-refractivity contribution in [3.05, 3.63) is 64.6 Å². The minimum absolute atomic E-state index is 0.269. The zero-order valence-corrected chi connectivity index (χ0v) is 17.8. The zero-order valence-electron chi connectivity index (χ0n) is 16.9. The van der Waals surface area contributed by atoms with E-state index in [1.165, 1.54) is 0 Å². The Hall–Kier alpha value is -2.51. The van der Waals surface area contributed by atoms with Crippen molar-refractivity contribution in [2.24, 2.45) is 0 Å². The zero-order chi connectivity index (χ0) is 20.5. The number of nitrogens with zero attached hydrogens (tertiary/aromatic N) is 3. The Bertz CT molecular complexity index is 1070. The van der Waals surface area contributed by atoms with Crippen LogP contribution in [0.25, 0.3) is 11.3 Å². The number of nitrogens with one attached hydrogen (secondary N) is 1. The third-order valence-electron chi connectivity index (χ3n) is 5.45. The van der Waals surface area contributed by atoms with E-state index in [1.54, 1.807) is 17.1 Å². The molecule has 1 aromatic carbocycles. The molecular weight excluding hydrogens is 372 g/mol. The summed E-state index contributed by atoms with van der Waals surface area (Å²) < 4.78 is 30.4. The molecule has 0 amide bonds. The molecule has 7 heteroatoms. The number of rotatable bonds is 6. The van der Waals surface area contributed by atoms with Crippen molar-refractivity contribution in [3.8, 4) is 11.3 Å². The minimum Gasteiger partial charge on any atom is -0.271 e. The van der Waals surface area contributed by atoms with Gasteiger partial charge in [-0.25, -0.2) is 13.1 Å². The van der Waals surface area contributed by atoms with E-state index in [2.05, 4.69) is 14.8 Å². The molecular formula is C21H26N4O2S. The van der Waals surface area contributed by atoms with Gasteiger partial charge in [0.25, 0.3) is 0 Å². The van der Waals surface area contributed by atoms with E-state index in [0.717, 1.165) is 39.1 Å². The topological polar surface area (TPSA) is 76.9 Å². The first-order valence-corrected chi connectivity index (χ1v) is 10.7. The SMILES string of the molecule is Cc1c(C)c(C)c(S(=O)(=O)NCCn2ccc(-c3ccncc3)n2)c(C)c1C. The second-order valence-electron chi connectivity index (χ2n) is 7.05. The molecule has 0 fully saturated rings. The first kappa shape index (κ1) is 20.2. The minimum atomic E-state index is -3.60. The average Bonchev–Trinajstić information content (AvgIpc) is 3.14. The first-order chi connectivity index (χ1) is 13.2. The number of sulfonamides is 1. The standard InChI is InChI=1S/C21H26N4O2S/c1-14-15(2)17(4)21(18(5)16(14)3)28(26,27)23-11-13-25-12-8-20(24-25)19-6-9-22-10-7-19/h6-10,12,23H,11,13H2,1-5H3. The molecule has 28 heavy (non-hydrogen) atoms. The molecule has 0 aliphatic carbocycles. The van der Waals surface area contributed by atoms with E-state index >= 15 is 0 Å². The highest BCUT2D eigenvalue weighted by atomic mass is 32.2. The van der Waals surface area contributed by atoms with E-state index < -0.39 is 10.0 Å². The van der Waals surface area contributed by atoms with Gasteiger partial charge in [0.2, 0.25) is 10.0 Å². The Morgan fingerprint density at radius 3 is 2.07 bits per heavy atom. The molecule has 0 spiro atoms. The normalized spacial score (nSPS) is 11.8. The number of hydrogen-bond donors (Lipinski definition) is 1. The van der Waals surface area contributed by atoms with Crippen LogP contribution in [-0.4, -0.2) is 29.7 Å². The van der Waals surface area contributed by atoms with E-state index in [0.29, 0.717) is 11.4 Å². The number of benzene rings is 1. The highest BCUT2D eigenvalue weighted by Gasteiger charge is 2.23. The van der Waals surface area contributed by atoms with Crippen LogP contribution in [0.5, 0.6) is 0 Å². The molecule has 6 nitrogen and oxygen atoms in total. The van der Waals surface area contributed by atoms with Crippen LogP contribution >= 0.6 is 0 Å². The van der Waals surface area contributed by atoms with Crippen LogP contribution < -0.4 is 4.72 Å². The highest BCUT2D eigenvalue weighted by molar-refractivity contribution is 7.89. The van der Waals surface area contributed by atoms with E-state index in [9.17, 15) is 8.42 Å². The number of pyridine rings is 1.